The Morgan fingerprint density at radius 3 is 3.00 bits per heavy atom. The van der Waals surface area contributed by atoms with Crippen LogP contribution in [0.15, 0.2) is 20.5 Å². The molecule has 3 aromatic rings. The Labute approximate surface area is 176 Å². The molecule has 0 saturated carbocycles. The fourth-order valence-corrected chi connectivity index (χ4v) is 5.75. The first-order valence-corrected chi connectivity index (χ1v) is 11.8. The average Bonchev–Trinajstić information content (AvgIpc) is 3.38. The number of nitrogens with one attached hydrogen (secondary N) is 1. The van der Waals surface area contributed by atoms with Crippen LogP contribution in [0.2, 0.25) is 0 Å². The quantitative estimate of drug-likeness (QED) is 0.326. The lowest BCUT2D eigenvalue weighted by Gasteiger charge is -2.12. The maximum absolute atomic E-state index is 13.3. The molecule has 29 heavy (non-hydrogen) atoms. The number of hydrogen-bond acceptors (Lipinski definition) is 7. The molecule has 3 aromatic heterocycles. The van der Waals surface area contributed by atoms with Gasteiger partial charge in [0.25, 0.3) is 5.56 Å². The van der Waals surface area contributed by atoms with Crippen LogP contribution in [0, 0.1) is 6.92 Å². The summed E-state index contributed by atoms with van der Waals surface area (Å²) in [5, 5.41) is 7.90. The molecule has 7 nitrogen and oxygen atoms in total. The molecule has 1 aliphatic carbocycles. The topological polar surface area (TPSA) is 90.0 Å². The van der Waals surface area contributed by atoms with E-state index in [0.717, 1.165) is 48.7 Å². The van der Waals surface area contributed by atoms with Gasteiger partial charge in [0, 0.05) is 17.5 Å². The van der Waals surface area contributed by atoms with E-state index in [-0.39, 0.29) is 17.2 Å². The SMILES string of the molecule is CCCCCn1c(SCC(=O)Nc2cc(C)on2)nc2sc3c(c2c1=O)CCC3. The Bertz CT molecular complexity index is 1100. The van der Waals surface area contributed by atoms with Crippen molar-refractivity contribution in [1.82, 2.24) is 14.7 Å². The van der Waals surface area contributed by atoms with E-state index in [1.54, 1.807) is 28.9 Å². The maximum atomic E-state index is 13.3. The zero-order valence-electron chi connectivity index (χ0n) is 16.6. The number of carbonyl (C=O) groups excluding carboxylic acids is 1. The van der Waals surface area contributed by atoms with E-state index >= 15 is 0 Å². The second-order valence-electron chi connectivity index (χ2n) is 7.26. The molecule has 0 fully saturated rings. The van der Waals surface area contributed by atoms with Crippen LogP contribution in [-0.2, 0) is 24.2 Å². The highest BCUT2D eigenvalue weighted by Crippen LogP contribution is 2.35. The number of rotatable bonds is 8. The van der Waals surface area contributed by atoms with Gasteiger partial charge in [-0.1, -0.05) is 36.7 Å². The third kappa shape index (κ3) is 4.25. The summed E-state index contributed by atoms with van der Waals surface area (Å²) in [5.41, 5.74) is 1.24. The average molecular weight is 433 g/mol. The third-order valence-electron chi connectivity index (χ3n) is 5.00. The Kier molecular flexibility index (Phi) is 6.05. The van der Waals surface area contributed by atoms with Gasteiger partial charge in [-0.05, 0) is 38.2 Å². The Morgan fingerprint density at radius 1 is 1.38 bits per heavy atom. The van der Waals surface area contributed by atoms with Crippen molar-refractivity contribution in [2.24, 2.45) is 0 Å². The predicted octanol–water partition coefficient (Wildman–Crippen LogP) is 4.16. The van der Waals surface area contributed by atoms with Crippen molar-refractivity contribution in [2.75, 3.05) is 11.1 Å². The summed E-state index contributed by atoms with van der Waals surface area (Å²) in [6.45, 7) is 4.54. The molecule has 0 radical (unpaired) electrons. The van der Waals surface area contributed by atoms with Crippen molar-refractivity contribution in [2.45, 2.75) is 64.1 Å². The molecule has 9 heteroatoms. The fraction of sp³-hybridized carbons (Fsp3) is 0.500. The minimum absolute atomic E-state index is 0.0422. The lowest BCUT2D eigenvalue weighted by molar-refractivity contribution is -0.113. The van der Waals surface area contributed by atoms with E-state index in [2.05, 4.69) is 17.4 Å². The Morgan fingerprint density at radius 2 is 2.24 bits per heavy atom. The molecule has 1 aliphatic rings. The van der Waals surface area contributed by atoms with E-state index in [1.165, 1.54) is 22.2 Å². The number of aryl methyl sites for hydroxylation is 3. The molecule has 4 rings (SSSR count). The monoisotopic (exact) mass is 432 g/mol. The van der Waals surface area contributed by atoms with Crippen molar-refractivity contribution >= 4 is 45.0 Å². The maximum Gasteiger partial charge on any atom is 0.263 e. The van der Waals surface area contributed by atoms with E-state index in [9.17, 15) is 9.59 Å². The molecular formula is C20H24N4O3S2. The van der Waals surface area contributed by atoms with Crippen molar-refractivity contribution < 1.29 is 9.32 Å². The number of anilines is 1. The summed E-state index contributed by atoms with van der Waals surface area (Å²) in [7, 11) is 0. The van der Waals surface area contributed by atoms with Gasteiger partial charge in [0.05, 0.1) is 11.1 Å². The molecule has 0 aromatic carbocycles. The molecule has 0 spiro atoms. The van der Waals surface area contributed by atoms with Gasteiger partial charge < -0.3 is 9.84 Å². The van der Waals surface area contributed by atoms with Crippen LogP contribution in [0.5, 0.6) is 0 Å². The number of amides is 1. The summed E-state index contributed by atoms with van der Waals surface area (Å²) >= 11 is 2.93. The molecule has 0 atom stereocenters. The van der Waals surface area contributed by atoms with Crippen LogP contribution in [0.1, 0.15) is 48.8 Å². The van der Waals surface area contributed by atoms with Gasteiger partial charge in [-0.15, -0.1) is 11.3 Å². The highest BCUT2D eigenvalue weighted by atomic mass is 32.2. The van der Waals surface area contributed by atoms with Gasteiger partial charge in [0.2, 0.25) is 5.91 Å². The summed E-state index contributed by atoms with van der Waals surface area (Å²) in [6, 6.07) is 1.67. The van der Waals surface area contributed by atoms with Crippen LogP contribution in [0.25, 0.3) is 10.2 Å². The minimum atomic E-state index is -0.202. The highest BCUT2D eigenvalue weighted by Gasteiger charge is 2.23. The first-order valence-electron chi connectivity index (χ1n) is 9.98. The number of unbranched alkanes of at least 4 members (excludes halogenated alkanes) is 2. The van der Waals surface area contributed by atoms with Crippen molar-refractivity contribution in [3.8, 4) is 0 Å². The smallest absolute Gasteiger partial charge is 0.263 e. The number of thioether (sulfide) groups is 1. The summed E-state index contributed by atoms with van der Waals surface area (Å²) in [4.78, 5) is 32.5. The minimum Gasteiger partial charge on any atom is -0.360 e. The second-order valence-corrected chi connectivity index (χ2v) is 9.28. The summed E-state index contributed by atoms with van der Waals surface area (Å²) < 4.78 is 6.73. The van der Waals surface area contributed by atoms with E-state index < -0.39 is 0 Å². The Balaban J connectivity index is 1.58. The highest BCUT2D eigenvalue weighted by molar-refractivity contribution is 7.99. The molecule has 1 amide bonds. The molecule has 0 bridgehead atoms. The van der Waals surface area contributed by atoms with Crippen LogP contribution in [0.3, 0.4) is 0 Å². The first kappa shape index (κ1) is 20.2. The van der Waals surface area contributed by atoms with Gasteiger partial charge in [0.15, 0.2) is 11.0 Å². The largest absolute Gasteiger partial charge is 0.360 e. The standard InChI is InChI=1S/C20H24N4O3S2/c1-3-4-5-9-24-19(26)17-13-7-6-8-14(13)29-18(17)22-20(24)28-11-16(25)21-15-10-12(2)27-23-15/h10H,3-9,11H2,1-2H3,(H,21,23,25). The number of carbonyl (C=O) groups is 1. The molecule has 0 unspecified atom stereocenters. The van der Waals surface area contributed by atoms with Gasteiger partial charge in [-0.25, -0.2) is 4.98 Å². The van der Waals surface area contributed by atoms with E-state index in [4.69, 9.17) is 9.51 Å². The zero-order valence-corrected chi connectivity index (χ0v) is 18.3. The predicted molar refractivity (Wildman–Crippen MR) is 116 cm³/mol. The van der Waals surface area contributed by atoms with Crippen molar-refractivity contribution in [3.63, 3.8) is 0 Å². The zero-order chi connectivity index (χ0) is 20.4. The van der Waals surface area contributed by atoms with Crippen LogP contribution >= 0.6 is 23.1 Å². The van der Waals surface area contributed by atoms with E-state index in [1.807, 2.05) is 0 Å². The van der Waals surface area contributed by atoms with Crippen molar-refractivity contribution in [1.29, 1.82) is 0 Å². The Hall–Kier alpha value is -2.13. The fourth-order valence-electron chi connectivity index (χ4n) is 3.62. The third-order valence-corrected chi connectivity index (χ3v) is 7.17. The number of fused-ring (bicyclic) bond motifs is 3. The van der Waals surface area contributed by atoms with Crippen molar-refractivity contribution in [3.05, 3.63) is 32.6 Å². The van der Waals surface area contributed by atoms with E-state index in [0.29, 0.717) is 23.3 Å². The number of thiophene rings is 1. The van der Waals surface area contributed by atoms with Crippen LogP contribution in [0.4, 0.5) is 5.82 Å². The number of aromatic nitrogens is 3. The van der Waals surface area contributed by atoms with Crippen LogP contribution in [-0.4, -0.2) is 26.4 Å². The molecule has 0 aliphatic heterocycles. The lowest BCUT2D eigenvalue weighted by Crippen LogP contribution is -2.24. The first-order chi connectivity index (χ1) is 14.1. The van der Waals surface area contributed by atoms with Crippen LogP contribution < -0.4 is 10.9 Å². The molecule has 0 saturated heterocycles. The van der Waals surface area contributed by atoms with Gasteiger partial charge >= 0.3 is 0 Å². The van der Waals surface area contributed by atoms with Gasteiger partial charge in [0.1, 0.15) is 10.6 Å². The molecular weight excluding hydrogens is 408 g/mol. The van der Waals surface area contributed by atoms with Gasteiger partial charge in [-0.3, -0.25) is 14.2 Å². The number of hydrogen-bond donors (Lipinski definition) is 1. The summed E-state index contributed by atoms with van der Waals surface area (Å²) in [5.74, 6) is 0.983. The lowest BCUT2D eigenvalue weighted by atomic mass is 10.2. The molecule has 3 heterocycles. The number of nitrogens with zero attached hydrogens (tertiary/aromatic N) is 3. The normalized spacial score (nSPS) is 13.2. The molecule has 1 N–H and O–H groups in total. The second kappa shape index (κ2) is 8.71. The van der Waals surface area contributed by atoms with Gasteiger partial charge in [-0.2, -0.15) is 0 Å². The molecule has 154 valence electrons. The summed E-state index contributed by atoms with van der Waals surface area (Å²) in [6.07, 6.45) is 6.18.